The molecule has 0 aliphatic rings. The molecule has 3 rings (SSSR count). The number of para-hydroxylation sites is 1. The minimum Gasteiger partial charge on any atom is -0.300 e. The number of thiazole rings is 1. The van der Waals surface area contributed by atoms with E-state index in [4.69, 9.17) is 0 Å². The largest absolute Gasteiger partial charge is 0.300 e. The Kier molecular flexibility index (Phi) is 3.42. The number of carbonyl (C=O) groups excluding carboxylic acids is 1. The zero-order valence-corrected chi connectivity index (χ0v) is 11.7. The Bertz CT molecular complexity index is 734. The smallest absolute Gasteiger partial charge is 0.247 e. The summed E-state index contributed by atoms with van der Waals surface area (Å²) in [6.07, 6.45) is 3.83. The highest BCUT2D eigenvalue weighted by Gasteiger charge is 2.10. The number of hydrogen-bond acceptors (Lipinski definition) is 5. The quantitative estimate of drug-likeness (QED) is 0.797. The van der Waals surface area contributed by atoms with Gasteiger partial charge in [0.1, 0.15) is 19.2 Å². The number of nitrogens with one attached hydrogen (secondary N) is 1. The first-order chi connectivity index (χ1) is 9.76. The molecule has 3 aromatic rings. The fourth-order valence-electron chi connectivity index (χ4n) is 1.96. The van der Waals surface area contributed by atoms with Gasteiger partial charge in [-0.3, -0.25) is 4.79 Å². The highest BCUT2D eigenvalue weighted by molar-refractivity contribution is 7.22. The van der Waals surface area contributed by atoms with Gasteiger partial charge in [0.15, 0.2) is 5.13 Å². The van der Waals surface area contributed by atoms with Crippen molar-refractivity contribution in [3.63, 3.8) is 0 Å². The lowest BCUT2D eigenvalue weighted by atomic mass is 10.1. The van der Waals surface area contributed by atoms with Crippen LogP contribution in [0.3, 0.4) is 0 Å². The Morgan fingerprint density at radius 3 is 3.10 bits per heavy atom. The number of hydrogen-bond donors (Lipinski definition) is 1. The van der Waals surface area contributed by atoms with Crippen LogP contribution in [0.5, 0.6) is 0 Å². The number of fused-ring (bicyclic) bond motifs is 1. The van der Waals surface area contributed by atoms with Gasteiger partial charge in [-0.15, -0.1) is 0 Å². The Labute approximate surface area is 119 Å². The number of rotatable bonds is 4. The van der Waals surface area contributed by atoms with Crippen molar-refractivity contribution in [1.82, 2.24) is 19.7 Å². The molecule has 0 aliphatic heterocycles. The first kappa shape index (κ1) is 12.7. The van der Waals surface area contributed by atoms with Crippen molar-refractivity contribution in [3.8, 4) is 0 Å². The van der Waals surface area contributed by atoms with Crippen LogP contribution in [0.15, 0.2) is 30.9 Å². The van der Waals surface area contributed by atoms with E-state index in [0.717, 1.165) is 16.6 Å². The van der Waals surface area contributed by atoms with Crippen LogP contribution in [0.2, 0.25) is 0 Å². The molecule has 2 aromatic heterocycles. The summed E-state index contributed by atoms with van der Waals surface area (Å²) in [6.45, 7) is 2.23. The van der Waals surface area contributed by atoms with E-state index in [1.807, 2.05) is 12.1 Å². The van der Waals surface area contributed by atoms with Gasteiger partial charge < -0.3 is 5.32 Å². The molecule has 0 spiro atoms. The van der Waals surface area contributed by atoms with Crippen LogP contribution in [-0.2, 0) is 17.8 Å². The molecule has 1 aromatic carbocycles. The summed E-state index contributed by atoms with van der Waals surface area (Å²) in [5.74, 6) is -0.160. The van der Waals surface area contributed by atoms with Gasteiger partial charge in [-0.05, 0) is 18.1 Å². The van der Waals surface area contributed by atoms with Gasteiger partial charge in [0.2, 0.25) is 5.91 Å². The maximum Gasteiger partial charge on any atom is 0.247 e. The second-order valence-corrected chi connectivity index (χ2v) is 5.31. The molecule has 2 heterocycles. The van der Waals surface area contributed by atoms with Crippen LogP contribution in [-0.4, -0.2) is 25.7 Å². The number of nitrogens with zero attached hydrogens (tertiary/aromatic N) is 4. The van der Waals surface area contributed by atoms with Gasteiger partial charge in [-0.2, -0.15) is 5.10 Å². The van der Waals surface area contributed by atoms with Crippen molar-refractivity contribution in [3.05, 3.63) is 36.4 Å². The van der Waals surface area contributed by atoms with E-state index in [1.165, 1.54) is 34.2 Å². The number of aryl methyl sites for hydroxylation is 1. The number of aromatic nitrogens is 4. The van der Waals surface area contributed by atoms with Gasteiger partial charge in [-0.25, -0.2) is 14.6 Å². The minimum atomic E-state index is -0.160. The van der Waals surface area contributed by atoms with Crippen LogP contribution >= 0.6 is 11.3 Å². The molecule has 0 saturated heterocycles. The lowest BCUT2D eigenvalue weighted by Crippen LogP contribution is -2.18. The second kappa shape index (κ2) is 5.38. The molecule has 0 aliphatic carbocycles. The Balaban J connectivity index is 1.79. The molecule has 102 valence electrons. The van der Waals surface area contributed by atoms with E-state index in [0.29, 0.717) is 5.13 Å². The predicted molar refractivity (Wildman–Crippen MR) is 77.6 cm³/mol. The van der Waals surface area contributed by atoms with Crippen LogP contribution in [0.1, 0.15) is 12.5 Å². The topological polar surface area (TPSA) is 72.7 Å². The lowest BCUT2D eigenvalue weighted by molar-refractivity contribution is -0.116. The van der Waals surface area contributed by atoms with E-state index in [1.54, 1.807) is 0 Å². The molecule has 7 heteroatoms. The molecular formula is C13H13N5OS. The van der Waals surface area contributed by atoms with Crippen molar-refractivity contribution in [2.75, 3.05) is 5.32 Å². The summed E-state index contributed by atoms with van der Waals surface area (Å²) in [6, 6.07) is 6.09. The lowest BCUT2D eigenvalue weighted by Gasteiger charge is -2.00. The summed E-state index contributed by atoms with van der Waals surface area (Å²) < 4.78 is 2.56. The van der Waals surface area contributed by atoms with Crippen LogP contribution in [0.4, 0.5) is 5.13 Å². The molecule has 0 atom stereocenters. The first-order valence-electron chi connectivity index (χ1n) is 6.27. The number of carbonyl (C=O) groups is 1. The summed E-state index contributed by atoms with van der Waals surface area (Å²) in [4.78, 5) is 20.2. The molecule has 1 amide bonds. The van der Waals surface area contributed by atoms with Gasteiger partial charge in [0.05, 0.1) is 10.2 Å². The monoisotopic (exact) mass is 287 g/mol. The zero-order chi connectivity index (χ0) is 13.9. The van der Waals surface area contributed by atoms with Crippen molar-refractivity contribution in [1.29, 1.82) is 0 Å². The molecule has 0 unspecified atom stereocenters. The Morgan fingerprint density at radius 1 is 1.45 bits per heavy atom. The molecular weight excluding hydrogens is 274 g/mol. The summed E-state index contributed by atoms with van der Waals surface area (Å²) >= 11 is 1.48. The average molecular weight is 287 g/mol. The Hall–Kier alpha value is -2.28. The minimum absolute atomic E-state index is 0.135. The third-order valence-corrected chi connectivity index (χ3v) is 3.84. The van der Waals surface area contributed by atoms with Crippen LogP contribution in [0, 0.1) is 0 Å². The van der Waals surface area contributed by atoms with E-state index in [2.05, 4.69) is 33.4 Å². The molecule has 0 radical (unpaired) electrons. The highest BCUT2D eigenvalue weighted by Crippen LogP contribution is 2.28. The number of anilines is 1. The van der Waals surface area contributed by atoms with Crippen LogP contribution in [0.25, 0.3) is 10.2 Å². The summed E-state index contributed by atoms with van der Waals surface area (Å²) in [7, 11) is 0. The second-order valence-electron chi connectivity index (χ2n) is 4.28. The Morgan fingerprint density at radius 2 is 2.35 bits per heavy atom. The molecule has 0 bridgehead atoms. The third kappa shape index (κ3) is 2.53. The molecule has 1 N–H and O–H groups in total. The number of benzene rings is 1. The molecule has 0 fully saturated rings. The summed E-state index contributed by atoms with van der Waals surface area (Å²) in [5.41, 5.74) is 2.16. The van der Waals surface area contributed by atoms with Crippen molar-refractivity contribution >= 4 is 32.6 Å². The average Bonchev–Trinajstić information content (AvgIpc) is 3.06. The molecule has 20 heavy (non-hydrogen) atoms. The van der Waals surface area contributed by atoms with Gasteiger partial charge >= 0.3 is 0 Å². The normalized spacial score (nSPS) is 10.8. The zero-order valence-electron chi connectivity index (χ0n) is 10.9. The van der Waals surface area contributed by atoms with Crippen LogP contribution < -0.4 is 5.32 Å². The molecule has 0 saturated carbocycles. The SMILES string of the molecule is CCc1cccc2sc(NC(=O)Cn3cncn3)nc12. The van der Waals surface area contributed by atoms with E-state index in [-0.39, 0.29) is 12.5 Å². The molecule has 6 nitrogen and oxygen atoms in total. The maximum atomic E-state index is 11.9. The predicted octanol–water partition coefficient (Wildman–Crippen LogP) is 2.09. The van der Waals surface area contributed by atoms with Gasteiger partial charge in [-0.1, -0.05) is 30.4 Å². The fourth-order valence-corrected chi connectivity index (χ4v) is 2.89. The van der Waals surface area contributed by atoms with Crippen molar-refractivity contribution in [2.45, 2.75) is 19.9 Å². The van der Waals surface area contributed by atoms with E-state index < -0.39 is 0 Å². The van der Waals surface area contributed by atoms with E-state index in [9.17, 15) is 4.79 Å². The highest BCUT2D eigenvalue weighted by atomic mass is 32.1. The van der Waals surface area contributed by atoms with Gasteiger partial charge in [0.25, 0.3) is 0 Å². The maximum absolute atomic E-state index is 11.9. The standard InChI is InChI=1S/C13H13N5OS/c1-2-9-4-3-5-10-12(9)17-13(20-10)16-11(19)6-18-8-14-7-15-18/h3-5,7-8H,2,6H2,1H3,(H,16,17,19). The van der Waals surface area contributed by atoms with Crippen molar-refractivity contribution in [2.24, 2.45) is 0 Å². The first-order valence-corrected chi connectivity index (χ1v) is 7.08. The van der Waals surface area contributed by atoms with Crippen molar-refractivity contribution < 1.29 is 4.79 Å². The van der Waals surface area contributed by atoms with Gasteiger partial charge in [0, 0.05) is 0 Å². The van der Waals surface area contributed by atoms with E-state index >= 15 is 0 Å². The number of amides is 1. The fraction of sp³-hybridized carbons (Fsp3) is 0.231. The third-order valence-electron chi connectivity index (χ3n) is 2.90. The summed E-state index contributed by atoms with van der Waals surface area (Å²) in [5, 5.41) is 7.31.